The predicted molar refractivity (Wildman–Crippen MR) is 191 cm³/mol. The van der Waals surface area contributed by atoms with Crippen LogP contribution in [-0.2, 0) is 14.4 Å². The molecule has 4 aromatic carbocycles. The number of esters is 2. The average Bonchev–Trinajstić information content (AvgIpc) is 3.12. The van der Waals surface area contributed by atoms with Crippen molar-refractivity contribution in [2.24, 2.45) is 0 Å². The molecule has 0 spiro atoms. The number of rotatable bonds is 10. The Hall–Kier alpha value is -6.28. The lowest BCUT2D eigenvalue weighted by Crippen LogP contribution is -2.08. The molecule has 8 nitrogen and oxygen atoms in total. The van der Waals surface area contributed by atoms with Gasteiger partial charge in [-0.15, -0.1) is 6.58 Å². The molecule has 0 fully saturated rings. The summed E-state index contributed by atoms with van der Waals surface area (Å²) in [5, 5.41) is 0. The van der Waals surface area contributed by atoms with Crippen molar-refractivity contribution in [3.63, 3.8) is 0 Å². The molecule has 0 aliphatic rings. The third-order valence-electron chi connectivity index (χ3n) is 5.68. The van der Waals surface area contributed by atoms with Crippen molar-refractivity contribution in [3.8, 4) is 45.3 Å². The number of hydrogen-bond donors (Lipinski definition) is 0. The maximum absolute atomic E-state index is 12.6. The maximum atomic E-state index is 12.6. The lowest BCUT2D eigenvalue weighted by Gasteiger charge is -2.13. The molecule has 0 atom stereocenters. The molecule has 0 amide bonds. The molecule has 0 saturated carbocycles. The second kappa shape index (κ2) is 22.3. The molecule has 48 heavy (non-hydrogen) atoms. The molecule has 0 bridgehead atoms. The number of carbonyl (C=O) groups is 4. The Kier molecular flexibility index (Phi) is 18.4. The van der Waals surface area contributed by atoms with E-state index in [1.807, 2.05) is 50.2 Å². The van der Waals surface area contributed by atoms with E-state index in [9.17, 15) is 9.59 Å². The fraction of sp³-hybridized carbons (Fsp3) is 0.100. The number of methoxy groups -OCH3 is 2. The Bertz CT molecular complexity index is 1640. The van der Waals surface area contributed by atoms with E-state index in [1.54, 1.807) is 68.8 Å². The summed E-state index contributed by atoms with van der Waals surface area (Å²) in [5.41, 5.74) is 4.82. The Labute approximate surface area is 282 Å². The van der Waals surface area contributed by atoms with E-state index in [4.69, 9.17) is 28.5 Å². The monoisotopic (exact) mass is 648 g/mol. The van der Waals surface area contributed by atoms with Crippen molar-refractivity contribution in [1.29, 1.82) is 0 Å². The molecule has 248 valence electrons. The van der Waals surface area contributed by atoms with E-state index in [-0.39, 0.29) is 0 Å². The van der Waals surface area contributed by atoms with Gasteiger partial charge in [-0.1, -0.05) is 61.7 Å². The highest BCUT2D eigenvalue weighted by Gasteiger charge is 2.14. The zero-order valence-electron chi connectivity index (χ0n) is 27.6. The molecule has 4 aromatic rings. The molecule has 0 aromatic heterocycles. The molecule has 0 saturated heterocycles. The van der Waals surface area contributed by atoms with Crippen LogP contribution in [0.3, 0.4) is 0 Å². The van der Waals surface area contributed by atoms with E-state index in [0.717, 1.165) is 28.5 Å². The van der Waals surface area contributed by atoms with E-state index >= 15 is 0 Å². The smallest absolute Gasteiger partial charge is 0.343 e. The summed E-state index contributed by atoms with van der Waals surface area (Å²) >= 11 is 0. The Morgan fingerprint density at radius 1 is 0.604 bits per heavy atom. The minimum Gasteiger partial charge on any atom is -0.497 e. The zero-order valence-corrected chi connectivity index (χ0v) is 27.6. The number of benzene rings is 4. The van der Waals surface area contributed by atoms with Crippen LogP contribution >= 0.6 is 0 Å². The number of hydrogen-bond acceptors (Lipinski definition) is 8. The quantitative estimate of drug-likeness (QED) is 0.0553. The van der Waals surface area contributed by atoms with E-state index in [1.165, 1.54) is 17.7 Å². The fourth-order valence-electron chi connectivity index (χ4n) is 3.55. The van der Waals surface area contributed by atoms with Gasteiger partial charge in [-0.25, -0.2) is 9.59 Å². The van der Waals surface area contributed by atoms with Gasteiger partial charge in [-0.3, -0.25) is 9.59 Å². The zero-order chi connectivity index (χ0) is 35.9. The first-order valence-electron chi connectivity index (χ1n) is 14.4. The van der Waals surface area contributed by atoms with E-state index in [0.29, 0.717) is 40.9 Å². The van der Waals surface area contributed by atoms with Crippen LogP contribution in [0, 0.1) is 0 Å². The maximum Gasteiger partial charge on any atom is 0.343 e. The predicted octanol–water partition coefficient (Wildman–Crippen LogP) is 8.67. The van der Waals surface area contributed by atoms with Crippen molar-refractivity contribution < 1.29 is 38.1 Å². The Morgan fingerprint density at radius 3 is 1.46 bits per heavy atom. The second-order valence-electron chi connectivity index (χ2n) is 9.66. The molecular weight excluding hydrogens is 608 g/mol. The topological polar surface area (TPSA) is 105 Å². The van der Waals surface area contributed by atoms with Crippen LogP contribution in [-0.4, -0.2) is 38.7 Å². The van der Waals surface area contributed by atoms with Gasteiger partial charge in [0.15, 0.2) is 0 Å². The van der Waals surface area contributed by atoms with Crippen molar-refractivity contribution in [2.45, 2.75) is 13.8 Å². The minimum absolute atomic E-state index is 0.377. The number of ether oxygens (including phenoxy) is 4. The summed E-state index contributed by atoms with van der Waals surface area (Å²) in [6.45, 7) is 17.2. The summed E-state index contributed by atoms with van der Waals surface area (Å²) in [6, 6.07) is 26.8. The Morgan fingerprint density at radius 2 is 1.02 bits per heavy atom. The van der Waals surface area contributed by atoms with E-state index < -0.39 is 11.9 Å². The summed E-state index contributed by atoms with van der Waals surface area (Å²) in [5.74, 6) is 1.16. The van der Waals surface area contributed by atoms with Gasteiger partial charge in [0, 0.05) is 11.6 Å². The average molecular weight is 649 g/mol. The summed E-state index contributed by atoms with van der Waals surface area (Å²) < 4.78 is 21.3. The van der Waals surface area contributed by atoms with Gasteiger partial charge < -0.3 is 18.9 Å². The highest BCUT2D eigenvalue weighted by atomic mass is 16.5. The van der Waals surface area contributed by atoms with Crippen LogP contribution in [0.25, 0.3) is 22.3 Å². The van der Waals surface area contributed by atoms with Crippen LogP contribution < -0.4 is 18.9 Å². The van der Waals surface area contributed by atoms with Crippen molar-refractivity contribution >= 4 is 24.5 Å². The molecule has 4 rings (SSSR count). The van der Waals surface area contributed by atoms with Gasteiger partial charge in [0.2, 0.25) is 0 Å². The van der Waals surface area contributed by atoms with Gasteiger partial charge >= 0.3 is 11.9 Å². The Balaban J connectivity index is 0.000000829. The number of allylic oxidation sites excluding steroid dienone is 3. The van der Waals surface area contributed by atoms with Gasteiger partial charge in [-0.05, 0) is 97.3 Å². The van der Waals surface area contributed by atoms with Crippen LogP contribution in [0.2, 0.25) is 0 Å². The summed E-state index contributed by atoms with van der Waals surface area (Å²) in [6.07, 6.45) is 4.78. The molecule has 8 heteroatoms. The van der Waals surface area contributed by atoms with Crippen molar-refractivity contribution in [2.75, 3.05) is 14.2 Å². The lowest BCUT2D eigenvalue weighted by molar-refractivity contribution is -0.128. The van der Waals surface area contributed by atoms with E-state index in [2.05, 4.69) is 26.3 Å². The fourth-order valence-corrected chi connectivity index (χ4v) is 3.55. The van der Waals surface area contributed by atoms with Crippen LogP contribution in [0.1, 0.15) is 24.2 Å². The van der Waals surface area contributed by atoms with Crippen LogP contribution in [0.15, 0.2) is 141 Å². The van der Waals surface area contributed by atoms with Gasteiger partial charge in [0.05, 0.1) is 19.8 Å². The van der Waals surface area contributed by atoms with Gasteiger partial charge in [0.1, 0.15) is 35.6 Å². The first-order valence-corrected chi connectivity index (χ1v) is 14.4. The summed E-state index contributed by atoms with van der Waals surface area (Å²) in [7, 11) is 3.18. The largest absolute Gasteiger partial charge is 0.497 e. The normalized spacial score (nSPS) is 9.08. The van der Waals surface area contributed by atoms with Crippen LogP contribution in [0.5, 0.6) is 23.0 Å². The van der Waals surface area contributed by atoms with Crippen molar-refractivity contribution in [1.82, 2.24) is 0 Å². The first-order chi connectivity index (χ1) is 23.1. The molecule has 0 aliphatic heterocycles. The molecule has 0 N–H and O–H groups in total. The SMILES string of the molecule is C=C(C)C.C=CC(=O)Oc1cc(-c2ccc(OC)cc2)ccc1-c1ccc(C(=O)Oc2ccc(OC)cc2)cc1.C=CC=O.C=CC=O. The number of aldehydes is 2. The van der Waals surface area contributed by atoms with Crippen molar-refractivity contribution in [3.05, 3.63) is 147 Å². The third-order valence-corrected chi connectivity index (χ3v) is 5.68. The molecule has 0 radical (unpaired) electrons. The third kappa shape index (κ3) is 14.2. The summed E-state index contributed by atoms with van der Waals surface area (Å²) in [4.78, 5) is 42.7. The second-order valence-corrected chi connectivity index (χ2v) is 9.66. The standard InChI is InChI=1S/C30H24O6.C4H8.2C3H4O/c1-4-29(31)36-28-19-23(20-9-12-24(33-2)13-10-20)11-18-27(28)21-5-7-22(8-6-21)30(32)35-26-16-14-25(34-3)15-17-26;1-4(2)3;2*1-2-3-4/h4-19H,1H2,2-3H3;1H2,2-3H3;2*2-3H,1H2. The van der Waals surface area contributed by atoms with Gasteiger partial charge in [0.25, 0.3) is 0 Å². The van der Waals surface area contributed by atoms with Gasteiger partial charge in [-0.2, -0.15) is 0 Å². The highest BCUT2D eigenvalue weighted by Crippen LogP contribution is 2.35. The molecule has 0 unspecified atom stereocenters. The molecule has 0 heterocycles. The first kappa shape index (κ1) is 39.7. The number of carbonyl (C=O) groups excluding carboxylic acids is 4. The van der Waals surface area contributed by atoms with Crippen LogP contribution in [0.4, 0.5) is 0 Å². The highest BCUT2D eigenvalue weighted by molar-refractivity contribution is 5.92. The molecular formula is C40H40O8. The minimum atomic E-state index is -0.567. The lowest BCUT2D eigenvalue weighted by atomic mass is 9.98. The molecule has 0 aliphatic carbocycles.